The lowest BCUT2D eigenvalue weighted by atomic mass is 10.2. The average Bonchev–Trinajstić information content (AvgIpc) is 3.17. The second-order valence-electron chi connectivity index (χ2n) is 4.88. The van der Waals surface area contributed by atoms with Gasteiger partial charge in [0.25, 0.3) is 0 Å². The van der Waals surface area contributed by atoms with Crippen molar-refractivity contribution in [2.45, 2.75) is 0 Å². The largest absolute Gasteiger partial charge is 0.459 e. The fourth-order valence-electron chi connectivity index (χ4n) is 2.21. The maximum atomic E-state index is 12.9. The molecule has 0 radical (unpaired) electrons. The lowest BCUT2D eigenvalue weighted by Crippen LogP contribution is -2.38. The number of carbonyl (C=O) groups is 2. The van der Waals surface area contributed by atoms with Crippen LogP contribution in [0.25, 0.3) is 0 Å². The monoisotopic (exact) mass is 338 g/mol. The molecule has 1 heterocycles. The molecule has 0 saturated heterocycles. The van der Waals surface area contributed by atoms with Gasteiger partial charge in [0.05, 0.1) is 17.6 Å². The molecule has 24 heavy (non-hydrogen) atoms. The van der Waals surface area contributed by atoms with Crippen molar-refractivity contribution in [2.75, 3.05) is 4.90 Å². The summed E-state index contributed by atoms with van der Waals surface area (Å²) in [5.41, 5.74) is 1.25. The summed E-state index contributed by atoms with van der Waals surface area (Å²) < 4.78 is 5.78. The number of thiol groups is 1. The number of rotatable bonds is 3. The zero-order valence-corrected chi connectivity index (χ0v) is 13.5. The normalized spacial score (nSPS) is 10.2. The summed E-state index contributed by atoms with van der Waals surface area (Å²) in [5.74, 6) is -0.593. The highest BCUT2D eigenvalue weighted by molar-refractivity contribution is 7.79. The summed E-state index contributed by atoms with van der Waals surface area (Å²) in [6.45, 7) is 0. The molecule has 0 spiro atoms. The van der Waals surface area contributed by atoms with Crippen molar-refractivity contribution in [3.8, 4) is 0 Å². The molecule has 0 aliphatic rings. The van der Waals surface area contributed by atoms with E-state index in [4.69, 9.17) is 4.42 Å². The van der Waals surface area contributed by atoms with Gasteiger partial charge in [0.1, 0.15) is 0 Å². The minimum absolute atomic E-state index is 0.0411. The number of nitrogens with zero attached hydrogens (tertiary/aromatic N) is 2. The summed E-state index contributed by atoms with van der Waals surface area (Å²) in [4.78, 5) is 26.6. The first-order valence-electron chi connectivity index (χ1n) is 7.19. The van der Waals surface area contributed by atoms with Crippen molar-refractivity contribution in [2.24, 2.45) is 0 Å². The molecule has 0 N–H and O–H groups in total. The molecule has 0 aliphatic heterocycles. The molecule has 0 fully saturated rings. The second-order valence-corrected chi connectivity index (χ2v) is 5.28. The lowest BCUT2D eigenvalue weighted by Gasteiger charge is -2.26. The Balaban J connectivity index is 1.96. The minimum Gasteiger partial charge on any atom is -0.459 e. The van der Waals surface area contributed by atoms with Crippen LogP contribution in [-0.4, -0.2) is 16.2 Å². The second kappa shape index (κ2) is 7.06. The van der Waals surface area contributed by atoms with Gasteiger partial charge in [-0.15, -0.1) is 0 Å². The Morgan fingerprint density at radius 1 is 0.792 bits per heavy atom. The number of furan rings is 1. The molecule has 0 saturated carbocycles. The molecular weight excluding hydrogens is 324 g/mol. The number of amides is 3. The summed E-state index contributed by atoms with van der Waals surface area (Å²) >= 11 is 4.08. The molecule has 6 heteroatoms. The summed E-state index contributed by atoms with van der Waals surface area (Å²) in [6, 6.07) is 20.5. The first kappa shape index (κ1) is 15.9. The fourth-order valence-corrected chi connectivity index (χ4v) is 2.40. The standard InChI is InChI=1S/C18H14N2O3S/c21-17(16-12-7-13-23-16)20(24)18(22)19(14-8-3-1-4-9-14)15-10-5-2-6-11-15/h1-13,24H. The quantitative estimate of drug-likeness (QED) is 0.714. The van der Waals surface area contributed by atoms with Crippen LogP contribution in [0.4, 0.5) is 16.2 Å². The van der Waals surface area contributed by atoms with Gasteiger partial charge < -0.3 is 4.42 Å². The van der Waals surface area contributed by atoms with Crippen molar-refractivity contribution in [3.05, 3.63) is 84.8 Å². The number of benzene rings is 2. The summed E-state index contributed by atoms with van der Waals surface area (Å²) in [7, 11) is 0. The smallest absolute Gasteiger partial charge is 0.346 e. The topological polar surface area (TPSA) is 53.8 Å². The van der Waals surface area contributed by atoms with Gasteiger partial charge in [-0.25, -0.2) is 4.79 Å². The van der Waals surface area contributed by atoms with Gasteiger partial charge in [-0.2, -0.15) is 4.31 Å². The zero-order chi connectivity index (χ0) is 16.9. The molecule has 5 nitrogen and oxygen atoms in total. The predicted octanol–water partition coefficient (Wildman–Crippen LogP) is 4.52. The lowest BCUT2D eigenvalue weighted by molar-refractivity contribution is 0.0871. The first-order valence-corrected chi connectivity index (χ1v) is 7.59. The van der Waals surface area contributed by atoms with Gasteiger partial charge in [-0.3, -0.25) is 9.69 Å². The van der Waals surface area contributed by atoms with Crippen molar-refractivity contribution in [1.29, 1.82) is 0 Å². The van der Waals surface area contributed by atoms with E-state index in [1.54, 1.807) is 30.3 Å². The third-order valence-electron chi connectivity index (χ3n) is 3.33. The van der Waals surface area contributed by atoms with E-state index in [1.165, 1.54) is 17.2 Å². The predicted molar refractivity (Wildman–Crippen MR) is 94.3 cm³/mol. The van der Waals surface area contributed by atoms with E-state index in [2.05, 4.69) is 12.8 Å². The molecule has 2 aromatic carbocycles. The first-order chi connectivity index (χ1) is 11.7. The molecule has 0 aliphatic carbocycles. The Hall–Kier alpha value is -2.99. The third kappa shape index (κ3) is 3.18. The Morgan fingerprint density at radius 2 is 1.33 bits per heavy atom. The maximum Gasteiger partial charge on any atom is 0.346 e. The summed E-state index contributed by atoms with van der Waals surface area (Å²) in [6.07, 6.45) is 1.37. The van der Waals surface area contributed by atoms with Gasteiger partial charge in [0.2, 0.25) is 0 Å². The van der Waals surface area contributed by atoms with Crippen LogP contribution >= 0.6 is 12.8 Å². The van der Waals surface area contributed by atoms with Gasteiger partial charge in [-0.05, 0) is 36.4 Å². The minimum atomic E-state index is -0.634. The number of hydrogen-bond donors (Lipinski definition) is 1. The Kier molecular flexibility index (Phi) is 4.67. The molecular formula is C18H14N2O3S. The molecule has 120 valence electrons. The molecule has 3 aromatic rings. The van der Waals surface area contributed by atoms with E-state index < -0.39 is 11.9 Å². The molecule has 3 amide bonds. The average molecular weight is 338 g/mol. The van der Waals surface area contributed by atoms with Crippen LogP contribution in [0, 0.1) is 0 Å². The van der Waals surface area contributed by atoms with Crippen LogP contribution in [-0.2, 0) is 0 Å². The van der Waals surface area contributed by atoms with Crippen LogP contribution in [0.5, 0.6) is 0 Å². The number of hydrogen-bond acceptors (Lipinski definition) is 4. The molecule has 3 rings (SSSR count). The highest BCUT2D eigenvalue weighted by Gasteiger charge is 2.28. The SMILES string of the molecule is O=C(c1ccco1)N(S)C(=O)N(c1ccccc1)c1ccccc1. The molecule has 0 bridgehead atoms. The number of urea groups is 1. The van der Waals surface area contributed by atoms with Gasteiger partial charge >= 0.3 is 11.9 Å². The number of anilines is 2. The highest BCUT2D eigenvalue weighted by Crippen LogP contribution is 2.27. The van der Waals surface area contributed by atoms with Gasteiger partial charge in [-0.1, -0.05) is 49.2 Å². The van der Waals surface area contributed by atoms with Crippen LogP contribution in [0.3, 0.4) is 0 Å². The number of carbonyl (C=O) groups excluding carboxylic acids is 2. The van der Waals surface area contributed by atoms with E-state index in [9.17, 15) is 9.59 Å². The molecule has 0 unspecified atom stereocenters. The highest BCUT2D eigenvalue weighted by atomic mass is 32.1. The Morgan fingerprint density at radius 3 is 1.79 bits per heavy atom. The van der Waals surface area contributed by atoms with Crippen molar-refractivity contribution < 1.29 is 14.0 Å². The van der Waals surface area contributed by atoms with Gasteiger partial charge in [0, 0.05) is 0 Å². The van der Waals surface area contributed by atoms with E-state index in [-0.39, 0.29) is 5.76 Å². The van der Waals surface area contributed by atoms with Crippen LogP contribution in [0.2, 0.25) is 0 Å². The van der Waals surface area contributed by atoms with Crippen LogP contribution in [0.1, 0.15) is 10.6 Å². The summed E-state index contributed by atoms with van der Waals surface area (Å²) in [5, 5.41) is 0. The van der Waals surface area contributed by atoms with Gasteiger partial charge in [0.15, 0.2) is 5.76 Å². The van der Waals surface area contributed by atoms with Crippen molar-refractivity contribution >= 4 is 36.1 Å². The molecule has 0 atom stereocenters. The van der Waals surface area contributed by atoms with E-state index in [1.807, 2.05) is 36.4 Å². The van der Waals surface area contributed by atoms with Crippen molar-refractivity contribution in [1.82, 2.24) is 4.31 Å². The fraction of sp³-hybridized carbons (Fsp3) is 0. The maximum absolute atomic E-state index is 12.9. The van der Waals surface area contributed by atoms with Crippen molar-refractivity contribution in [3.63, 3.8) is 0 Å². The number of imide groups is 1. The van der Waals surface area contributed by atoms with E-state index in [0.29, 0.717) is 11.4 Å². The Labute approximate surface area is 144 Å². The van der Waals surface area contributed by atoms with E-state index >= 15 is 0 Å². The number of para-hydroxylation sites is 2. The van der Waals surface area contributed by atoms with Crippen LogP contribution in [0.15, 0.2) is 83.5 Å². The zero-order valence-electron chi connectivity index (χ0n) is 12.6. The van der Waals surface area contributed by atoms with Crippen LogP contribution < -0.4 is 4.90 Å². The van der Waals surface area contributed by atoms with E-state index in [0.717, 1.165) is 4.31 Å². The third-order valence-corrected chi connectivity index (χ3v) is 3.68. The Bertz CT molecular complexity index is 780. The molecule has 1 aromatic heterocycles.